The van der Waals surface area contributed by atoms with Gasteiger partial charge in [0.15, 0.2) is 0 Å². The molecule has 20 heavy (non-hydrogen) atoms. The summed E-state index contributed by atoms with van der Waals surface area (Å²) in [6, 6.07) is 17.3. The summed E-state index contributed by atoms with van der Waals surface area (Å²) in [6.07, 6.45) is 2.21. The average Bonchev–Trinajstić information content (AvgIpc) is 2.90. The van der Waals surface area contributed by atoms with E-state index in [0.29, 0.717) is 6.04 Å². The third-order valence-corrected chi connectivity index (χ3v) is 4.19. The van der Waals surface area contributed by atoms with Crippen molar-refractivity contribution in [2.24, 2.45) is 0 Å². The summed E-state index contributed by atoms with van der Waals surface area (Å²) in [5, 5.41) is 3.43. The first kappa shape index (κ1) is 13.2. The Kier molecular flexibility index (Phi) is 3.75. The normalized spacial score (nSPS) is 18.4. The minimum Gasteiger partial charge on any atom is -0.488 e. The summed E-state index contributed by atoms with van der Waals surface area (Å²) in [4.78, 5) is 0. The Morgan fingerprint density at radius 1 is 1.15 bits per heavy atom. The molecular formula is C18H21NO. The standard InChI is InChI=1S/C18H21NO/c1-13-7-3-4-8-14(13)11-16(19-2)18-12-15-9-5-6-10-17(15)20-18/h3-10,16,18-19H,11-12H2,1-2H3. The minimum atomic E-state index is 0.219. The predicted octanol–water partition coefficient (Wildman–Crippen LogP) is 3.13. The number of rotatable bonds is 4. The molecule has 1 aliphatic rings. The Bertz CT molecular complexity index is 568. The van der Waals surface area contributed by atoms with Crippen LogP contribution in [0.25, 0.3) is 0 Å². The van der Waals surface area contributed by atoms with Crippen LogP contribution < -0.4 is 10.1 Å². The molecule has 1 N–H and O–H groups in total. The largest absolute Gasteiger partial charge is 0.488 e. The molecule has 104 valence electrons. The Morgan fingerprint density at radius 2 is 1.90 bits per heavy atom. The number of para-hydroxylation sites is 1. The van der Waals surface area contributed by atoms with E-state index >= 15 is 0 Å². The van der Waals surface area contributed by atoms with Crippen molar-refractivity contribution in [3.05, 3.63) is 65.2 Å². The van der Waals surface area contributed by atoms with Gasteiger partial charge in [0.1, 0.15) is 11.9 Å². The van der Waals surface area contributed by atoms with Gasteiger partial charge in [0.25, 0.3) is 0 Å². The first-order valence-electron chi connectivity index (χ1n) is 7.24. The third-order valence-electron chi connectivity index (χ3n) is 4.19. The lowest BCUT2D eigenvalue weighted by molar-refractivity contribution is 0.182. The van der Waals surface area contributed by atoms with E-state index in [4.69, 9.17) is 4.74 Å². The summed E-state index contributed by atoms with van der Waals surface area (Å²) in [7, 11) is 2.02. The maximum atomic E-state index is 6.11. The quantitative estimate of drug-likeness (QED) is 0.919. The fraction of sp³-hybridized carbons (Fsp3) is 0.333. The molecule has 0 radical (unpaired) electrons. The summed E-state index contributed by atoms with van der Waals surface area (Å²) in [5.41, 5.74) is 4.07. The van der Waals surface area contributed by atoms with Crippen LogP contribution in [-0.4, -0.2) is 19.2 Å². The molecule has 0 saturated heterocycles. The zero-order valence-electron chi connectivity index (χ0n) is 12.1. The number of hydrogen-bond donors (Lipinski definition) is 1. The molecule has 2 atom stereocenters. The lowest BCUT2D eigenvalue weighted by Crippen LogP contribution is -2.42. The second kappa shape index (κ2) is 5.68. The Hall–Kier alpha value is -1.80. The number of ether oxygens (including phenoxy) is 1. The predicted molar refractivity (Wildman–Crippen MR) is 82.3 cm³/mol. The van der Waals surface area contributed by atoms with Gasteiger partial charge in [-0.3, -0.25) is 0 Å². The molecule has 0 fully saturated rings. The zero-order valence-corrected chi connectivity index (χ0v) is 12.1. The van der Waals surface area contributed by atoms with Crippen molar-refractivity contribution < 1.29 is 4.74 Å². The molecule has 0 aromatic heterocycles. The Morgan fingerprint density at radius 3 is 2.65 bits per heavy atom. The van der Waals surface area contributed by atoms with Crippen molar-refractivity contribution in [3.63, 3.8) is 0 Å². The van der Waals surface area contributed by atoms with Crippen LogP contribution in [0.3, 0.4) is 0 Å². The summed E-state index contributed by atoms with van der Waals surface area (Å²) in [6.45, 7) is 2.17. The number of likely N-dealkylation sites (N-methyl/N-ethyl adjacent to an activating group) is 1. The van der Waals surface area contributed by atoms with Gasteiger partial charge in [-0.1, -0.05) is 42.5 Å². The monoisotopic (exact) mass is 267 g/mol. The van der Waals surface area contributed by atoms with Crippen LogP contribution in [0.15, 0.2) is 48.5 Å². The summed E-state index contributed by atoms with van der Waals surface area (Å²) >= 11 is 0. The van der Waals surface area contributed by atoms with Gasteiger partial charge in [0.05, 0.1) is 0 Å². The highest BCUT2D eigenvalue weighted by Crippen LogP contribution is 2.30. The van der Waals surface area contributed by atoms with Gasteiger partial charge in [0.2, 0.25) is 0 Å². The van der Waals surface area contributed by atoms with Crippen molar-refractivity contribution in [2.75, 3.05) is 7.05 Å². The van der Waals surface area contributed by atoms with Gasteiger partial charge >= 0.3 is 0 Å². The van der Waals surface area contributed by atoms with Crippen LogP contribution in [0.5, 0.6) is 5.75 Å². The van der Waals surface area contributed by atoms with E-state index in [9.17, 15) is 0 Å². The van der Waals surface area contributed by atoms with Crippen molar-refractivity contribution in [1.82, 2.24) is 5.32 Å². The van der Waals surface area contributed by atoms with Gasteiger partial charge in [-0.2, -0.15) is 0 Å². The van der Waals surface area contributed by atoms with Crippen LogP contribution >= 0.6 is 0 Å². The smallest absolute Gasteiger partial charge is 0.123 e. The number of hydrogen-bond acceptors (Lipinski definition) is 2. The first-order chi connectivity index (χ1) is 9.78. The van der Waals surface area contributed by atoms with Crippen LogP contribution in [0.1, 0.15) is 16.7 Å². The molecule has 1 heterocycles. The zero-order chi connectivity index (χ0) is 13.9. The molecule has 3 rings (SSSR count). The van der Waals surface area contributed by atoms with Gasteiger partial charge in [-0.05, 0) is 43.1 Å². The number of nitrogens with one attached hydrogen (secondary N) is 1. The van der Waals surface area contributed by atoms with Crippen LogP contribution in [0.2, 0.25) is 0 Å². The maximum Gasteiger partial charge on any atom is 0.123 e. The molecule has 2 aromatic carbocycles. The second-order valence-corrected chi connectivity index (χ2v) is 5.49. The highest BCUT2D eigenvalue weighted by atomic mass is 16.5. The highest BCUT2D eigenvalue weighted by molar-refractivity contribution is 5.38. The number of benzene rings is 2. The molecule has 0 bridgehead atoms. The van der Waals surface area contributed by atoms with Crippen LogP contribution in [-0.2, 0) is 12.8 Å². The van der Waals surface area contributed by atoms with Crippen LogP contribution in [0, 0.1) is 6.92 Å². The molecule has 2 heteroatoms. The Balaban J connectivity index is 1.74. The molecule has 2 aromatic rings. The molecule has 0 spiro atoms. The Labute approximate surface area is 120 Å². The average molecular weight is 267 g/mol. The van der Waals surface area contributed by atoms with Gasteiger partial charge in [0, 0.05) is 12.5 Å². The number of aryl methyl sites for hydroxylation is 1. The lowest BCUT2D eigenvalue weighted by atomic mass is 9.95. The van der Waals surface area contributed by atoms with E-state index in [1.807, 2.05) is 13.1 Å². The van der Waals surface area contributed by atoms with Gasteiger partial charge in [-0.15, -0.1) is 0 Å². The molecule has 0 saturated carbocycles. The summed E-state index contributed by atoms with van der Waals surface area (Å²) < 4.78 is 6.11. The van der Waals surface area contributed by atoms with Crippen LogP contribution in [0.4, 0.5) is 0 Å². The fourth-order valence-corrected chi connectivity index (χ4v) is 2.93. The topological polar surface area (TPSA) is 21.3 Å². The van der Waals surface area contributed by atoms with Crippen molar-refractivity contribution in [1.29, 1.82) is 0 Å². The van der Waals surface area contributed by atoms with Crippen molar-refractivity contribution in [3.8, 4) is 5.75 Å². The summed E-state index contributed by atoms with van der Waals surface area (Å²) in [5.74, 6) is 1.04. The fourth-order valence-electron chi connectivity index (χ4n) is 2.93. The van der Waals surface area contributed by atoms with E-state index in [2.05, 4.69) is 54.7 Å². The van der Waals surface area contributed by atoms with Crippen molar-refractivity contribution >= 4 is 0 Å². The maximum absolute atomic E-state index is 6.11. The molecule has 0 amide bonds. The number of fused-ring (bicyclic) bond motifs is 1. The second-order valence-electron chi connectivity index (χ2n) is 5.49. The van der Waals surface area contributed by atoms with Crippen molar-refractivity contribution in [2.45, 2.75) is 31.9 Å². The molecule has 0 aliphatic carbocycles. The molecular weight excluding hydrogens is 246 g/mol. The van der Waals surface area contributed by atoms with Gasteiger partial charge < -0.3 is 10.1 Å². The molecule has 2 nitrogen and oxygen atoms in total. The van der Waals surface area contributed by atoms with E-state index in [1.165, 1.54) is 16.7 Å². The third kappa shape index (κ3) is 2.56. The van der Waals surface area contributed by atoms with E-state index in [-0.39, 0.29) is 6.10 Å². The minimum absolute atomic E-state index is 0.219. The van der Waals surface area contributed by atoms with E-state index in [0.717, 1.165) is 18.6 Å². The van der Waals surface area contributed by atoms with E-state index in [1.54, 1.807) is 0 Å². The molecule has 2 unspecified atom stereocenters. The first-order valence-corrected chi connectivity index (χ1v) is 7.24. The van der Waals surface area contributed by atoms with E-state index < -0.39 is 0 Å². The van der Waals surface area contributed by atoms with Gasteiger partial charge in [-0.25, -0.2) is 0 Å². The lowest BCUT2D eigenvalue weighted by Gasteiger charge is -2.23. The highest BCUT2D eigenvalue weighted by Gasteiger charge is 2.29. The SMILES string of the molecule is CNC(Cc1ccccc1C)C1Cc2ccccc2O1. The molecule has 1 aliphatic heterocycles.